The van der Waals surface area contributed by atoms with Crippen molar-refractivity contribution in [2.24, 2.45) is 0 Å². The second-order valence-electron chi connectivity index (χ2n) is 5.02. The number of halogens is 1. The molecule has 0 saturated carbocycles. The molecule has 1 amide bonds. The summed E-state index contributed by atoms with van der Waals surface area (Å²) in [4.78, 5) is 16.8. The minimum atomic E-state index is -0.138. The minimum Gasteiger partial charge on any atom is -0.497 e. The van der Waals surface area contributed by atoms with Gasteiger partial charge in [-0.05, 0) is 24.6 Å². The normalized spacial score (nSPS) is 10.9. The molecule has 1 N–H and O–H groups in total. The molecular formula is C16H16ClN3O2S. The number of nitrogens with zero attached hydrogens (tertiary/aromatic N) is 2. The molecule has 0 aliphatic rings. The van der Waals surface area contributed by atoms with Gasteiger partial charge < -0.3 is 14.6 Å². The Morgan fingerprint density at radius 1 is 1.48 bits per heavy atom. The summed E-state index contributed by atoms with van der Waals surface area (Å²) in [5.41, 5.74) is 0. The lowest BCUT2D eigenvalue weighted by molar-refractivity contribution is 0.0957. The lowest BCUT2D eigenvalue weighted by Gasteiger charge is -2.04. The van der Waals surface area contributed by atoms with Crippen molar-refractivity contribution < 1.29 is 9.53 Å². The molecule has 0 radical (unpaired) electrons. The van der Waals surface area contributed by atoms with E-state index >= 15 is 0 Å². The number of hydrogen-bond donors (Lipinski definition) is 1. The highest BCUT2D eigenvalue weighted by atomic mass is 35.5. The second kappa shape index (κ2) is 7.02. The molecule has 3 aromatic rings. The first kappa shape index (κ1) is 15.8. The first-order valence-corrected chi connectivity index (χ1v) is 8.38. The number of hydrogen-bond acceptors (Lipinski definition) is 4. The molecule has 0 atom stereocenters. The highest BCUT2D eigenvalue weighted by Crippen LogP contribution is 2.37. The number of carbonyl (C=O) groups is 1. The van der Waals surface area contributed by atoms with Crippen molar-refractivity contribution in [1.29, 1.82) is 0 Å². The summed E-state index contributed by atoms with van der Waals surface area (Å²) >= 11 is 7.75. The number of imidazole rings is 1. The number of thiophene rings is 1. The molecule has 5 nitrogen and oxygen atoms in total. The highest BCUT2D eigenvalue weighted by molar-refractivity contribution is 7.21. The van der Waals surface area contributed by atoms with Gasteiger partial charge in [0.05, 0.1) is 18.5 Å². The van der Waals surface area contributed by atoms with Gasteiger partial charge in [-0.2, -0.15) is 0 Å². The van der Waals surface area contributed by atoms with E-state index in [1.165, 1.54) is 11.3 Å². The van der Waals surface area contributed by atoms with Crippen LogP contribution in [0.1, 0.15) is 16.1 Å². The summed E-state index contributed by atoms with van der Waals surface area (Å²) < 4.78 is 8.15. The summed E-state index contributed by atoms with van der Waals surface area (Å²) in [5.74, 6) is 0.588. The summed E-state index contributed by atoms with van der Waals surface area (Å²) in [7, 11) is 1.61. The zero-order chi connectivity index (χ0) is 16.2. The Morgan fingerprint density at radius 2 is 2.35 bits per heavy atom. The van der Waals surface area contributed by atoms with E-state index in [-0.39, 0.29) is 5.91 Å². The predicted octanol–water partition coefficient (Wildman–Crippen LogP) is 3.58. The van der Waals surface area contributed by atoms with Crippen LogP contribution in [0, 0.1) is 0 Å². The third-order valence-corrected chi connectivity index (χ3v) is 5.15. The minimum absolute atomic E-state index is 0.138. The third-order valence-electron chi connectivity index (χ3n) is 3.48. The predicted molar refractivity (Wildman–Crippen MR) is 92.6 cm³/mol. The molecule has 0 bridgehead atoms. The SMILES string of the molecule is COc1ccc2sc(C(=O)NCCCn3ccnc3)c(Cl)c2c1. The molecule has 0 unspecified atom stereocenters. The molecule has 0 aliphatic carbocycles. The Morgan fingerprint density at radius 3 is 3.09 bits per heavy atom. The van der Waals surface area contributed by atoms with Crippen LogP contribution in [-0.2, 0) is 6.54 Å². The monoisotopic (exact) mass is 349 g/mol. The maximum Gasteiger partial charge on any atom is 0.262 e. The Kier molecular flexibility index (Phi) is 4.83. The number of carbonyl (C=O) groups excluding carboxylic acids is 1. The maximum atomic E-state index is 12.3. The van der Waals surface area contributed by atoms with E-state index in [1.54, 1.807) is 19.6 Å². The van der Waals surface area contributed by atoms with Gasteiger partial charge in [-0.3, -0.25) is 4.79 Å². The smallest absolute Gasteiger partial charge is 0.262 e. The Labute approximate surface area is 142 Å². The van der Waals surface area contributed by atoms with E-state index in [0.717, 1.165) is 28.8 Å². The number of nitrogens with one attached hydrogen (secondary N) is 1. The van der Waals surface area contributed by atoms with Crippen molar-refractivity contribution in [2.75, 3.05) is 13.7 Å². The number of aromatic nitrogens is 2. The molecule has 23 heavy (non-hydrogen) atoms. The van der Waals surface area contributed by atoms with E-state index in [0.29, 0.717) is 16.4 Å². The fourth-order valence-electron chi connectivity index (χ4n) is 2.28. The summed E-state index contributed by atoms with van der Waals surface area (Å²) in [6.07, 6.45) is 6.23. The Bertz CT molecular complexity index is 814. The average Bonchev–Trinajstić information content (AvgIpc) is 3.19. The standard InChI is InChI=1S/C16H16ClN3O2S/c1-22-11-3-4-13-12(9-11)14(17)15(23-13)16(21)19-5-2-7-20-8-6-18-10-20/h3-4,6,8-10H,2,5,7H2,1H3,(H,19,21). The maximum absolute atomic E-state index is 12.3. The topological polar surface area (TPSA) is 56.1 Å². The Balaban J connectivity index is 1.65. The first-order valence-electron chi connectivity index (χ1n) is 7.19. The van der Waals surface area contributed by atoms with Gasteiger partial charge in [0.15, 0.2) is 0 Å². The third kappa shape index (κ3) is 3.48. The lowest BCUT2D eigenvalue weighted by atomic mass is 10.2. The molecule has 0 spiro atoms. The van der Waals surface area contributed by atoms with Crippen LogP contribution in [-0.4, -0.2) is 29.1 Å². The van der Waals surface area contributed by atoms with E-state index in [2.05, 4.69) is 10.3 Å². The molecule has 120 valence electrons. The number of ether oxygens (including phenoxy) is 1. The van der Waals surface area contributed by atoms with Crippen molar-refractivity contribution >= 4 is 38.9 Å². The van der Waals surface area contributed by atoms with Crippen LogP contribution in [0.15, 0.2) is 36.9 Å². The largest absolute Gasteiger partial charge is 0.497 e. The van der Waals surface area contributed by atoms with E-state index in [9.17, 15) is 4.79 Å². The molecule has 7 heteroatoms. The lowest BCUT2D eigenvalue weighted by Crippen LogP contribution is -2.24. The van der Waals surface area contributed by atoms with Gasteiger partial charge in [-0.25, -0.2) is 4.98 Å². The first-order chi connectivity index (χ1) is 11.2. The van der Waals surface area contributed by atoms with Crippen LogP contribution in [0.4, 0.5) is 0 Å². The number of methoxy groups -OCH3 is 1. The summed E-state index contributed by atoms with van der Waals surface area (Å²) in [5, 5.41) is 4.24. The van der Waals surface area contributed by atoms with Crippen molar-refractivity contribution in [3.8, 4) is 5.75 Å². The van der Waals surface area contributed by atoms with Crippen LogP contribution >= 0.6 is 22.9 Å². The number of fused-ring (bicyclic) bond motifs is 1. The van der Waals surface area contributed by atoms with Crippen molar-refractivity contribution in [1.82, 2.24) is 14.9 Å². The van der Waals surface area contributed by atoms with Gasteiger partial charge in [0.2, 0.25) is 0 Å². The average molecular weight is 350 g/mol. The van der Waals surface area contributed by atoms with Crippen LogP contribution in [0.3, 0.4) is 0 Å². The van der Waals surface area contributed by atoms with Crippen molar-refractivity contribution in [3.63, 3.8) is 0 Å². The fraction of sp³-hybridized carbons (Fsp3) is 0.250. The van der Waals surface area contributed by atoms with Crippen LogP contribution in [0.5, 0.6) is 5.75 Å². The van der Waals surface area contributed by atoms with E-state index in [4.69, 9.17) is 16.3 Å². The van der Waals surface area contributed by atoms with Crippen molar-refractivity contribution in [2.45, 2.75) is 13.0 Å². The van der Waals surface area contributed by atoms with Gasteiger partial charge in [0.25, 0.3) is 5.91 Å². The van der Waals surface area contributed by atoms with Gasteiger partial charge in [0.1, 0.15) is 10.6 Å². The highest BCUT2D eigenvalue weighted by Gasteiger charge is 2.17. The van der Waals surface area contributed by atoms with Gasteiger partial charge in [0, 0.05) is 35.6 Å². The zero-order valence-electron chi connectivity index (χ0n) is 12.6. The van der Waals surface area contributed by atoms with Crippen LogP contribution in [0.25, 0.3) is 10.1 Å². The quantitative estimate of drug-likeness (QED) is 0.692. The summed E-state index contributed by atoms with van der Waals surface area (Å²) in [6.45, 7) is 1.41. The molecular weight excluding hydrogens is 334 g/mol. The van der Waals surface area contributed by atoms with Crippen LogP contribution in [0.2, 0.25) is 5.02 Å². The molecule has 0 saturated heterocycles. The fourth-order valence-corrected chi connectivity index (χ4v) is 3.69. The zero-order valence-corrected chi connectivity index (χ0v) is 14.2. The van der Waals surface area contributed by atoms with Gasteiger partial charge >= 0.3 is 0 Å². The van der Waals surface area contributed by atoms with Gasteiger partial charge in [-0.15, -0.1) is 11.3 Å². The van der Waals surface area contributed by atoms with E-state index in [1.807, 2.05) is 29.0 Å². The van der Waals surface area contributed by atoms with E-state index < -0.39 is 0 Å². The molecule has 2 aromatic heterocycles. The number of aryl methyl sites for hydroxylation is 1. The number of benzene rings is 1. The number of amides is 1. The van der Waals surface area contributed by atoms with Gasteiger partial charge in [-0.1, -0.05) is 11.6 Å². The second-order valence-corrected chi connectivity index (χ2v) is 6.45. The Hall–Kier alpha value is -2.05. The molecule has 3 rings (SSSR count). The van der Waals surface area contributed by atoms with Crippen LogP contribution < -0.4 is 10.1 Å². The molecule has 0 fully saturated rings. The summed E-state index contributed by atoms with van der Waals surface area (Å²) in [6, 6.07) is 5.63. The number of rotatable bonds is 6. The molecule has 1 aromatic carbocycles. The molecule has 2 heterocycles. The molecule has 0 aliphatic heterocycles. The van der Waals surface area contributed by atoms with Crippen molar-refractivity contribution in [3.05, 3.63) is 46.8 Å².